The quantitative estimate of drug-likeness (QED) is 0.278. The van der Waals surface area contributed by atoms with Crippen LogP contribution in [0, 0.1) is 5.82 Å². The Kier molecular flexibility index (Phi) is 8.39. The van der Waals surface area contributed by atoms with Crippen molar-refractivity contribution in [1.29, 1.82) is 0 Å². The molecule has 2 rings (SSSR count). The maximum atomic E-state index is 12.9. The molecule has 0 bridgehead atoms. The Morgan fingerprint density at radius 3 is 2.22 bits per heavy atom. The number of unbranched alkanes of at least 4 members (excludes halogenated alkanes) is 2. The van der Waals surface area contributed by atoms with E-state index in [1.165, 1.54) is 24.8 Å². The number of alkyl halides is 2. The number of methoxy groups -OCH3 is 1. The van der Waals surface area contributed by atoms with E-state index in [1.807, 2.05) is 24.3 Å². The minimum Gasteiger partial charge on any atom is -0.489 e. The van der Waals surface area contributed by atoms with Crippen LogP contribution in [0.5, 0.6) is 5.75 Å². The molecule has 0 aromatic heterocycles. The van der Waals surface area contributed by atoms with Crippen LogP contribution in [-0.4, -0.2) is 17.4 Å². The van der Waals surface area contributed by atoms with Crippen LogP contribution in [0.4, 0.5) is 4.39 Å². The number of esters is 1. The number of halogens is 3. The van der Waals surface area contributed by atoms with Crippen LogP contribution in [0.3, 0.4) is 0 Å². The average Bonchev–Trinajstić information content (AvgIpc) is 2.67. The van der Waals surface area contributed by atoms with Gasteiger partial charge in [0.15, 0.2) is 0 Å². The molecule has 0 N–H and O–H groups in total. The Hall–Kier alpha value is -1.78. The summed E-state index contributed by atoms with van der Waals surface area (Å²) in [5, 5.41) is 0. The summed E-state index contributed by atoms with van der Waals surface area (Å²) in [6.45, 7) is 0.401. The number of hydrogen-bond donors (Lipinski definition) is 0. The highest BCUT2D eigenvalue weighted by Crippen LogP contribution is 2.29. The topological polar surface area (TPSA) is 35.5 Å². The third-order valence-electron chi connectivity index (χ3n) is 4.18. The average molecular weight is 413 g/mol. The lowest BCUT2D eigenvalue weighted by Crippen LogP contribution is -2.27. The SMILES string of the molecule is COC(=O)C(Cl)(Cl)CCCCCc1ccc(OCc2ccc(F)cc2)cc1. The lowest BCUT2D eigenvalue weighted by atomic mass is 10.1. The van der Waals surface area contributed by atoms with Crippen molar-refractivity contribution in [2.24, 2.45) is 0 Å². The van der Waals surface area contributed by atoms with Crippen LogP contribution in [0.1, 0.15) is 36.8 Å². The maximum absolute atomic E-state index is 12.9. The van der Waals surface area contributed by atoms with Crippen molar-refractivity contribution in [2.45, 2.75) is 43.0 Å². The second-order valence-corrected chi connectivity index (χ2v) is 7.80. The van der Waals surface area contributed by atoms with Gasteiger partial charge >= 0.3 is 5.97 Å². The van der Waals surface area contributed by atoms with Crippen molar-refractivity contribution in [3.63, 3.8) is 0 Å². The van der Waals surface area contributed by atoms with Crippen molar-refractivity contribution in [3.05, 3.63) is 65.5 Å². The van der Waals surface area contributed by atoms with Crippen LogP contribution < -0.4 is 4.74 Å². The first-order valence-corrected chi connectivity index (χ1v) is 9.59. The molecule has 0 amide bonds. The van der Waals surface area contributed by atoms with Gasteiger partial charge in [0.1, 0.15) is 18.2 Å². The van der Waals surface area contributed by atoms with Gasteiger partial charge in [0.2, 0.25) is 4.33 Å². The first-order chi connectivity index (χ1) is 12.9. The van der Waals surface area contributed by atoms with Gasteiger partial charge in [0.25, 0.3) is 0 Å². The van der Waals surface area contributed by atoms with E-state index in [4.69, 9.17) is 27.9 Å². The largest absolute Gasteiger partial charge is 0.489 e. The first kappa shape index (κ1) is 21.5. The van der Waals surface area contributed by atoms with Crippen molar-refractivity contribution in [3.8, 4) is 5.75 Å². The molecule has 0 atom stereocenters. The van der Waals surface area contributed by atoms with Gasteiger partial charge in [0, 0.05) is 0 Å². The summed E-state index contributed by atoms with van der Waals surface area (Å²) < 4.78 is 21.7. The number of ether oxygens (including phenoxy) is 2. The van der Waals surface area contributed by atoms with E-state index in [0.717, 1.165) is 37.0 Å². The first-order valence-electron chi connectivity index (χ1n) is 8.83. The van der Waals surface area contributed by atoms with Gasteiger partial charge in [-0.05, 0) is 61.1 Å². The van der Waals surface area contributed by atoms with Crippen molar-refractivity contribution >= 4 is 29.2 Å². The highest BCUT2D eigenvalue weighted by atomic mass is 35.5. The molecule has 0 heterocycles. The van der Waals surface area contributed by atoms with Gasteiger partial charge < -0.3 is 9.47 Å². The molecule has 0 saturated carbocycles. The molecule has 0 aliphatic rings. The molecule has 0 aliphatic heterocycles. The zero-order chi connectivity index (χ0) is 19.7. The van der Waals surface area contributed by atoms with Crippen LogP contribution in [-0.2, 0) is 22.6 Å². The molecular formula is C21H23Cl2FO3. The Labute approximate surface area is 169 Å². The smallest absolute Gasteiger partial charge is 0.342 e. The minimum atomic E-state index is -1.46. The Morgan fingerprint density at radius 2 is 1.59 bits per heavy atom. The lowest BCUT2D eigenvalue weighted by Gasteiger charge is -2.16. The van der Waals surface area contributed by atoms with Crippen LogP contribution >= 0.6 is 23.2 Å². The van der Waals surface area contributed by atoms with Crippen LogP contribution in [0.25, 0.3) is 0 Å². The Bertz CT molecular complexity index is 715. The summed E-state index contributed by atoms with van der Waals surface area (Å²) in [6, 6.07) is 14.2. The predicted octanol–water partition coefficient (Wildman–Crippen LogP) is 5.85. The fourth-order valence-electron chi connectivity index (χ4n) is 2.60. The van der Waals surface area contributed by atoms with E-state index in [0.29, 0.717) is 13.0 Å². The lowest BCUT2D eigenvalue weighted by molar-refractivity contribution is -0.141. The van der Waals surface area contributed by atoms with Gasteiger partial charge in [-0.2, -0.15) is 0 Å². The molecule has 27 heavy (non-hydrogen) atoms. The molecule has 0 aliphatic carbocycles. The molecule has 2 aromatic rings. The van der Waals surface area contributed by atoms with Gasteiger partial charge in [-0.3, -0.25) is 0 Å². The van der Waals surface area contributed by atoms with Crippen LogP contribution in [0.15, 0.2) is 48.5 Å². The highest BCUT2D eigenvalue weighted by Gasteiger charge is 2.33. The predicted molar refractivity (Wildman–Crippen MR) is 106 cm³/mol. The van der Waals surface area contributed by atoms with Crippen molar-refractivity contribution in [1.82, 2.24) is 0 Å². The molecule has 0 unspecified atom stereocenters. The summed E-state index contributed by atoms with van der Waals surface area (Å²) in [6.07, 6.45) is 3.94. The molecule has 3 nitrogen and oxygen atoms in total. The maximum Gasteiger partial charge on any atom is 0.342 e. The van der Waals surface area contributed by atoms with E-state index < -0.39 is 10.3 Å². The fraction of sp³-hybridized carbons (Fsp3) is 0.381. The summed E-state index contributed by atoms with van der Waals surface area (Å²) >= 11 is 11.9. The minimum absolute atomic E-state index is 0.254. The van der Waals surface area contributed by atoms with Crippen molar-refractivity contribution < 1.29 is 18.7 Å². The number of carbonyl (C=O) groups excluding carboxylic acids is 1. The monoisotopic (exact) mass is 412 g/mol. The fourth-order valence-corrected chi connectivity index (χ4v) is 3.03. The molecular weight excluding hydrogens is 390 g/mol. The third-order valence-corrected chi connectivity index (χ3v) is 4.87. The molecule has 146 valence electrons. The number of benzene rings is 2. The molecule has 0 fully saturated rings. The number of aryl methyl sites for hydroxylation is 1. The van der Waals surface area contributed by atoms with Gasteiger partial charge in [-0.15, -0.1) is 0 Å². The summed E-state index contributed by atoms with van der Waals surface area (Å²) in [4.78, 5) is 11.4. The summed E-state index contributed by atoms with van der Waals surface area (Å²) in [7, 11) is 1.27. The van der Waals surface area contributed by atoms with Crippen LogP contribution in [0.2, 0.25) is 0 Å². The normalized spacial score (nSPS) is 11.3. The second kappa shape index (κ2) is 10.5. The van der Waals surface area contributed by atoms with E-state index in [1.54, 1.807) is 12.1 Å². The second-order valence-electron chi connectivity index (χ2n) is 6.32. The number of hydrogen-bond acceptors (Lipinski definition) is 3. The Morgan fingerprint density at radius 1 is 0.963 bits per heavy atom. The summed E-state index contributed by atoms with van der Waals surface area (Å²) in [5.41, 5.74) is 2.13. The molecule has 0 saturated heterocycles. The highest BCUT2D eigenvalue weighted by molar-refractivity contribution is 6.57. The zero-order valence-corrected chi connectivity index (χ0v) is 16.7. The van der Waals surface area contributed by atoms with E-state index in [9.17, 15) is 9.18 Å². The number of carbonyl (C=O) groups is 1. The van der Waals surface area contributed by atoms with E-state index in [2.05, 4.69) is 4.74 Å². The van der Waals surface area contributed by atoms with Gasteiger partial charge in [-0.25, -0.2) is 9.18 Å². The molecule has 2 aromatic carbocycles. The van der Waals surface area contributed by atoms with Crippen molar-refractivity contribution in [2.75, 3.05) is 7.11 Å². The van der Waals surface area contributed by atoms with Gasteiger partial charge in [0.05, 0.1) is 7.11 Å². The molecule has 0 spiro atoms. The van der Waals surface area contributed by atoms with E-state index in [-0.39, 0.29) is 5.82 Å². The van der Waals surface area contributed by atoms with Gasteiger partial charge in [-0.1, -0.05) is 53.9 Å². The standard InChI is InChI=1S/C21H23Cl2FO3/c1-26-20(25)21(22,23)14-4-2-3-5-16-8-12-19(13-9-16)27-15-17-6-10-18(24)11-7-17/h6-13H,2-5,14-15H2,1H3. The van der Waals surface area contributed by atoms with E-state index >= 15 is 0 Å². The third kappa shape index (κ3) is 7.39. The Balaban J connectivity index is 1.68. The molecule has 6 heteroatoms. The zero-order valence-electron chi connectivity index (χ0n) is 15.2. The summed E-state index contributed by atoms with van der Waals surface area (Å²) in [5.74, 6) is -0.0894. The number of rotatable bonds is 10. The molecule has 0 radical (unpaired) electrons.